The lowest BCUT2D eigenvalue weighted by molar-refractivity contribution is -0.301. The second-order valence-electron chi connectivity index (χ2n) is 9.16. The highest BCUT2D eigenvalue weighted by molar-refractivity contribution is 8.00. The Morgan fingerprint density at radius 2 is 1.70 bits per heavy atom. The van der Waals surface area contributed by atoms with Crippen molar-refractivity contribution in [2.45, 2.75) is 36.2 Å². The average molecular weight is 561 g/mol. The van der Waals surface area contributed by atoms with Crippen molar-refractivity contribution in [2.24, 2.45) is 0 Å². The Kier molecular flexibility index (Phi) is 7.84. The first kappa shape index (κ1) is 27.0. The molecule has 0 bridgehead atoms. The third-order valence-corrected chi connectivity index (χ3v) is 8.26. The molecule has 194 valence electrons. The number of rotatable bonds is 6. The van der Waals surface area contributed by atoms with E-state index in [1.165, 1.54) is 40.3 Å². The van der Waals surface area contributed by atoms with Crippen molar-refractivity contribution >= 4 is 56.6 Å². The van der Waals surface area contributed by atoms with Gasteiger partial charge >= 0.3 is 5.97 Å². The van der Waals surface area contributed by atoms with Crippen LogP contribution in [0.1, 0.15) is 41.5 Å². The van der Waals surface area contributed by atoms with Gasteiger partial charge in [0.25, 0.3) is 15.9 Å². The maximum Gasteiger partial charge on any atom is 0.373 e. The molecule has 0 saturated carbocycles. The van der Waals surface area contributed by atoms with Gasteiger partial charge in [0, 0.05) is 33.5 Å². The summed E-state index contributed by atoms with van der Waals surface area (Å²) in [6, 6.07) is 17.2. The van der Waals surface area contributed by atoms with Crippen LogP contribution >= 0.6 is 23.4 Å². The number of amides is 1. The highest BCUT2D eigenvalue weighted by atomic mass is 35.5. The van der Waals surface area contributed by atoms with Crippen LogP contribution < -0.4 is 9.62 Å². The van der Waals surface area contributed by atoms with Crippen LogP contribution in [0.25, 0.3) is 0 Å². The van der Waals surface area contributed by atoms with Gasteiger partial charge in [-0.15, -0.1) is 11.8 Å². The van der Waals surface area contributed by atoms with E-state index in [1.54, 1.807) is 63.2 Å². The summed E-state index contributed by atoms with van der Waals surface area (Å²) in [5, 5.41) is 3.09. The second kappa shape index (κ2) is 10.7. The fourth-order valence-electron chi connectivity index (χ4n) is 3.44. The molecule has 0 radical (unpaired) electrons. The van der Waals surface area contributed by atoms with E-state index >= 15 is 0 Å². The van der Waals surface area contributed by atoms with Gasteiger partial charge in [-0.1, -0.05) is 17.7 Å². The van der Waals surface area contributed by atoms with E-state index in [1.807, 2.05) is 0 Å². The molecule has 4 rings (SSSR count). The lowest BCUT2D eigenvalue weighted by atomic mass is 10.1. The Balaban J connectivity index is 1.52. The fraction of sp³-hybridized carbons (Fsp3) is 0.231. The largest absolute Gasteiger partial charge is 0.373 e. The second-order valence-corrected chi connectivity index (χ2v) is 12.6. The van der Waals surface area contributed by atoms with Gasteiger partial charge in [0.05, 0.1) is 16.1 Å². The monoisotopic (exact) mass is 560 g/mol. The molecule has 1 amide bonds. The Hall–Kier alpha value is -3.05. The van der Waals surface area contributed by atoms with Gasteiger partial charge in [0.15, 0.2) is 0 Å². The lowest BCUT2D eigenvalue weighted by Gasteiger charge is -2.30. The van der Waals surface area contributed by atoms with Crippen molar-refractivity contribution in [3.05, 3.63) is 82.9 Å². The van der Waals surface area contributed by atoms with E-state index in [4.69, 9.17) is 21.4 Å². The number of thioether (sulfide) groups is 1. The Morgan fingerprint density at radius 3 is 2.38 bits per heavy atom. The van der Waals surface area contributed by atoms with Gasteiger partial charge in [-0.05, 0) is 81.4 Å². The molecule has 0 fully saturated rings. The van der Waals surface area contributed by atoms with E-state index in [2.05, 4.69) is 5.32 Å². The summed E-state index contributed by atoms with van der Waals surface area (Å²) in [7, 11) is -3.88. The number of fused-ring (bicyclic) bond motifs is 1. The zero-order chi connectivity index (χ0) is 26.8. The molecule has 0 saturated heterocycles. The highest BCUT2D eigenvalue weighted by Gasteiger charge is 2.30. The molecular formula is C26H25ClN2O6S2. The van der Waals surface area contributed by atoms with Gasteiger partial charge < -0.3 is 5.32 Å². The van der Waals surface area contributed by atoms with Crippen molar-refractivity contribution < 1.29 is 27.8 Å². The summed E-state index contributed by atoms with van der Waals surface area (Å²) in [6.45, 7) is 5.52. The number of nitrogens with one attached hydrogen (secondary N) is 1. The number of nitrogens with zero attached hydrogens (tertiary/aromatic N) is 1. The fourth-order valence-corrected chi connectivity index (χ4v) is 6.37. The van der Waals surface area contributed by atoms with Crippen molar-refractivity contribution in [1.29, 1.82) is 0 Å². The number of anilines is 2. The molecule has 8 nitrogen and oxygen atoms in total. The van der Waals surface area contributed by atoms with Gasteiger partial charge in [-0.2, -0.15) is 4.89 Å². The first-order valence-corrected chi connectivity index (χ1v) is 14.1. The third kappa shape index (κ3) is 6.45. The maximum atomic E-state index is 13.4. The summed E-state index contributed by atoms with van der Waals surface area (Å²) in [5.41, 5.74) is 0.791. The Labute approximate surface area is 224 Å². The quantitative estimate of drug-likeness (QED) is 0.301. The molecule has 0 atom stereocenters. The first-order chi connectivity index (χ1) is 17.4. The van der Waals surface area contributed by atoms with Crippen LogP contribution in [0.3, 0.4) is 0 Å². The van der Waals surface area contributed by atoms with Crippen LogP contribution in [0.15, 0.2) is 76.5 Å². The number of sulfonamides is 1. The van der Waals surface area contributed by atoms with Gasteiger partial charge in [-0.3, -0.25) is 14.0 Å². The molecule has 3 aromatic carbocycles. The summed E-state index contributed by atoms with van der Waals surface area (Å²) in [5.74, 6) is -0.501. The molecule has 0 spiro atoms. The molecule has 0 aromatic heterocycles. The number of hydrogen-bond donors (Lipinski definition) is 1. The Bertz CT molecular complexity index is 1440. The summed E-state index contributed by atoms with van der Waals surface area (Å²) < 4.78 is 28.1. The molecule has 37 heavy (non-hydrogen) atoms. The molecule has 0 aliphatic carbocycles. The SMILES string of the molecule is CC(C)(C)OOC(=O)c1ccc(NC(=O)c2ccc3c(c2)N(S(=O)(=O)c2cccc(Cl)c2)CCS3)cc1. The highest BCUT2D eigenvalue weighted by Crippen LogP contribution is 2.38. The minimum absolute atomic E-state index is 0.0826. The molecule has 11 heteroatoms. The standard InChI is InChI=1S/C26H25ClN2O6S2/c1-26(2,3)35-34-25(31)17-7-10-20(11-8-17)28-24(30)18-9-12-23-22(15-18)29(13-14-36-23)37(32,33)21-6-4-5-19(27)16-21/h4-12,15-16H,13-14H2,1-3H3,(H,28,30). The van der Waals surface area contributed by atoms with Crippen LogP contribution in [-0.4, -0.2) is 38.2 Å². The Morgan fingerprint density at radius 1 is 1.00 bits per heavy atom. The molecule has 0 unspecified atom stereocenters. The lowest BCUT2D eigenvalue weighted by Crippen LogP contribution is -2.35. The number of hydrogen-bond acceptors (Lipinski definition) is 7. The van der Waals surface area contributed by atoms with Crippen molar-refractivity contribution in [3.63, 3.8) is 0 Å². The number of halogens is 1. The molecular weight excluding hydrogens is 536 g/mol. The van der Waals surface area contributed by atoms with Gasteiger partial charge in [0.2, 0.25) is 0 Å². The van der Waals surface area contributed by atoms with E-state index < -0.39 is 27.5 Å². The minimum Gasteiger partial charge on any atom is -0.322 e. The number of carbonyl (C=O) groups is 2. The zero-order valence-corrected chi connectivity index (χ0v) is 22.7. The molecule has 3 aromatic rings. The van der Waals surface area contributed by atoms with Crippen molar-refractivity contribution in [1.82, 2.24) is 0 Å². The summed E-state index contributed by atoms with van der Waals surface area (Å²) in [6.07, 6.45) is 0. The summed E-state index contributed by atoms with van der Waals surface area (Å²) >= 11 is 7.55. The topological polar surface area (TPSA) is 102 Å². The molecule has 1 heterocycles. The predicted molar refractivity (Wildman–Crippen MR) is 144 cm³/mol. The summed E-state index contributed by atoms with van der Waals surface area (Å²) in [4.78, 5) is 35.8. The van der Waals surface area contributed by atoms with E-state index in [0.29, 0.717) is 22.2 Å². The van der Waals surface area contributed by atoms with Crippen LogP contribution in [0.4, 0.5) is 11.4 Å². The van der Waals surface area contributed by atoms with E-state index in [-0.39, 0.29) is 22.6 Å². The zero-order valence-electron chi connectivity index (χ0n) is 20.4. The van der Waals surface area contributed by atoms with Crippen LogP contribution in [0.5, 0.6) is 0 Å². The molecule has 1 aliphatic rings. The minimum atomic E-state index is -3.88. The van der Waals surface area contributed by atoms with Crippen LogP contribution in [0, 0.1) is 0 Å². The number of carbonyl (C=O) groups excluding carboxylic acids is 2. The predicted octanol–water partition coefficient (Wildman–Crippen LogP) is 5.78. The number of benzene rings is 3. The average Bonchev–Trinajstić information content (AvgIpc) is 2.86. The molecule has 1 aliphatic heterocycles. The van der Waals surface area contributed by atoms with E-state index in [9.17, 15) is 18.0 Å². The third-order valence-electron chi connectivity index (χ3n) is 5.17. The maximum absolute atomic E-state index is 13.4. The molecule has 1 N–H and O–H groups in total. The van der Waals surface area contributed by atoms with Gasteiger partial charge in [-0.25, -0.2) is 13.2 Å². The normalized spacial score (nSPS) is 13.6. The smallest absolute Gasteiger partial charge is 0.322 e. The van der Waals surface area contributed by atoms with E-state index in [0.717, 1.165) is 4.90 Å². The first-order valence-electron chi connectivity index (χ1n) is 11.3. The van der Waals surface area contributed by atoms with Gasteiger partial charge in [0.1, 0.15) is 5.60 Å². The van der Waals surface area contributed by atoms with Crippen molar-refractivity contribution in [2.75, 3.05) is 21.9 Å². The van der Waals surface area contributed by atoms with Crippen LogP contribution in [-0.2, 0) is 19.8 Å². The van der Waals surface area contributed by atoms with Crippen LogP contribution in [0.2, 0.25) is 5.02 Å². The van der Waals surface area contributed by atoms with Crippen molar-refractivity contribution in [3.8, 4) is 0 Å².